The summed E-state index contributed by atoms with van der Waals surface area (Å²) in [7, 11) is 0. The smallest absolute Gasteiger partial charge is 0.0224 e. The van der Waals surface area contributed by atoms with Crippen LogP contribution in [0.4, 0.5) is 0 Å². The van der Waals surface area contributed by atoms with Gasteiger partial charge >= 0.3 is 0 Å². The van der Waals surface area contributed by atoms with Gasteiger partial charge in [-0.25, -0.2) is 0 Å². The molecule has 2 fully saturated rings. The van der Waals surface area contributed by atoms with E-state index in [1.165, 1.54) is 30.7 Å². The van der Waals surface area contributed by atoms with Crippen molar-refractivity contribution in [3.05, 3.63) is 21.9 Å². The lowest BCUT2D eigenvalue weighted by atomic mass is 10.0. The van der Waals surface area contributed by atoms with Gasteiger partial charge in [0.15, 0.2) is 0 Å². The first-order valence-electron chi connectivity index (χ1n) is 7.68. The molecule has 1 N–H and O–H groups in total. The molecule has 19 heavy (non-hydrogen) atoms. The second kappa shape index (κ2) is 5.55. The minimum Gasteiger partial charge on any atom is -0.311 e. The van der Waals surface area contributed by atoms with Crippen LogP contribution in [-0.2, 0) is 6.42 Å². The molecular weight excluding hydrogens is 252 g/mol. The van der Waals surface area contributed by atoms with Gasteiger partial charge in [-0.15, -0.1) is 11.3 Å². The van der Waals surface area contributed by atoms with Crippen molar-refractivity contribution in [2.45, 2.75) is 58.2 Å². The van der Waals surface area contributed by atoms with Crippen LogP contribution >= 0.6 is 11.3 Å². The lowest BCUT2D eigenvalue weighted by molar-refractivity contribution is 0.0928. The van der Waals surface area contributed by atoms with Gasteiger partial charge in [-0.3, -0.25) is 4.90 Å². The summed E-state index contributed by atoms with van der Waals surface area (Å²) in [4.78, 5) is 5.71. The van der Waals surface area contributed by atoms with Gasteiger partial charge in [0, 0.05) is 41.0 Å². The van der Waals surface area contributed by atoms with Crippen molar-refractivity contribution in [1.82, 2.24) is 10.2 Å². The van der Waals surface area contributed by atoms with E-state index in [4.69, 9.17) is 0 Å². The third kappa shape index (κ3) is 3.21. The number of nitrogens with zero attached hydrogens (tertiary/aromatic N) is 1. The highest BCUT2D eigenvalue weighted by molar-refractivity contribution is 7.11. The largest absolute Gasteiger partial charge is 0.311 e. The number of aryl methyl sites for hydroxylation is 1. The van der Waals surface area contributed by atoms with Crippen molar-refractivity contribution < 1.29 is 0 Å². The topological polar surface area (TPSA) is 15.3 Å². The number of thiophene rings is 1. The Morgan fingerprint density at radius 2 is 2.21 bits per heavy atom. The molecule has 0 aromatic carbocycles. The van der Waals surface area contributed by atoms with E-state index in [0.717, 1.165) is 18.5 Å². The van der Waals surface area contributed by atoms with Gasteiger partial charge in [-0.1, -0.05) is 0 Å². The van der Waals surface area contributed by atoms with Crippen LogP contribution in [0.3, 0.4) is 0 Å². The molecule has 1 saturated carbocycles. The predicted octanol–water partition coefficient (Wildman–Crippen LogP) is 3.06. The summed E-state index contributed by atoms with van der Waals surface area (Å²) in [6.07, 6.45) is 4.09. The fourth-order valence-corrected chi connectivity index (χ4v) is 4.35. The Bertz CT molecular complexity index is 424. The zero-order chi connectivity index (χ0) is 13.4. The third-order valence-corrected chi connectivity index (χ3v) is 5.72. The van der Waals surface area contributed by atoms with E-state index < -0.39 is 0 Å². The summed E-state index contributed by atoms with van der Waals surface area (Å²) in [6, 6.07) is 6.65. The Labute approximate surface area is 121 Å². The van der Waals surface area contributed by atoms with Crippen LogP contribution in [0.15, 0.2) is 12.1 Å². The molecule has 3 unspecified atom stereocenters. The second-order valence-electron chi connectivity index (χ2n) is 6.46. The number of nitrogens with one attached hydrogen (secondary N) is 1. The molecular formula is C16H26N2S. The average Bonchev–Trinajstić information content (AvgIpc) is 3.14. The van der Waals surface area contributed by atoms with Gasteiger partial charge in [-0.05, 0) is 58.1 Å². The van der Waals surface area contributed by atoms with E-state index >= 15 is 0 Å². The molecule has 3 atom stereocenters. The van der Waals surface area contributed by atoms with Crippen LogP contribution in [0.2, 0.25) is 0 Å². The quantitative estimate of drug-likeness (QED) is 0.910. The molecule has 106 valence electrons. The highest BCUT2D eigenvalue weighted by Crippen LogP contribution is 2.34. The van der Waals surface area contributed by atoms with Crippen molar-refractivity contribution in [2.24, 2.45) is 5.92 Å². The lowest BCUT2D eigenvalue weighted by Gasteiger charge is -2.42. The van der Waals surface area contributed by atoms with Crippen molar-refractivity contribution in [3.63, 3.8) is 0 Å². The first kappa shape index (κ1) is 13.6. The summed E-state index contributed by atoms with van der Waals surface area (Å²) in [5, 5.41) is 3.74. The van der Waals surface area contributed by atoms with E-state index in [2.05, 4.69) is 43.1 Å². The van der Waals surface area contributed by atoms with Crippen molar-refractivity contribution in [2.75, 3.05) is 13.1 Å². The van der Waals surface area contributed by atoms with Crippen molar-refractivity contribution in [1.29, 1.82) is 0 Å². The Balaban J connectivity index is 1.61. The zero-order valence-electron chi connectivity index (χ0n) is 12.4. The molecule has 1 aliphatic heterocycles. The normalized spacial score (nSPS) is 30.5. The fraction of sp³-hybridized carbons (Fsp3) is 0.750. The van der Waals surface area contributed by atoms with Gasteiger partial charge in [-0.2, -0.15) is 0 Å². The lowest BCUT2D eigenvalue weighted by Crippen LogP contribution is -2.58. The van der Waals surface area contributed by atoms with Crippen LogP contribution in [0.5, 0.6) is 0 Å². The first-order chi connectivity index (χ1) is 9.13. The van der Waals surface area contributed by atoms with Gasteiger partial charge in [0.2, 0.25) is 0 Å². The third-order valence-electron chi connectivity index (χ3n) is 4.70. The first-order valence-corrected chi connectivity index (χ1v) is 8.49. The summed E-state index contributed by atoms with van der Waals surface area (Å²) in [5.74, 6) is 0.964. The molecule has 1 aliphatic carbocycles. The number of hydrogen-bond acceptors (Lipinski definition) is 3. The van der Waals surface area contributed by atoms with Gasteiger partial charge in [0.1, 0.15) is 0 Å². The molecule has 2 aliphatic rings. The molecule has 2 nitrogen and oxygen atoms in total. The second-order valence-corrected chi connectivity index (χ2v) is 7.84. The highest BCUT2D eigenvalue weighted by atomic mass is 32.1. The number of hydrogen-bond donors (Lipinski definition) is 1. The molecule has 0 spiro atoms. The summed E-state index contributed by atoms with van der Waals surface area (Å²) in [5.41, 5.74) is 0. The summed E-state index contributed by atoms with van der Waals surface area (Å²) in [6.45, 7) is 9.38. The monoisotopic (exact) mass is 278 g/mol. The molecule has 3 heteroatoms. The maximum atomic E-state index is 3.74. The average molecular weight is 278 g/mol. The molecule has 0 bridgehead atoms. The van der Waals surface area contributed by atoms with Crippen LogP contribution in [0.1, 0.15) is 36.4 Å². The SMILES string of the molecule is Cc1ccc(CC(C)N2CC(C3CC3)NCC2C)s1. The number of rotatable bonds is 4. The van der Waals surface area contributed by atoms with E-state index in [1.807, 2.05) is 11.3 Å². The minimum atomic E-state index is 0.663. The minimum absolute atomic E-state index is 0.663. The Morgan fingerprint density at radius 3 is 2.84 bits per heavy atom. The zero-order valence-corrected chi connectivity index (χ0v) is 13.2. The maximum absolute atomic E-state index is 3.74. The molecule has 0 amide bonds. The summed E-state index contributed by atoms with van der Waals surface area (Å²) >= 11 is 1.96. The Kier molecular flexibility index (Phi) is 3.97. The van der Waals surface area contributed by atoms with E-state index in [0.29, 0.717) is 12.1 Å². The van der Waals surface area contributed by atoms with Crippen molar-refractivity contribution in [3.8, 4) is 0 Å². The van der Waals surface area contributed by atoms with Crippen molar-refractivity contribution >= 4 is 11.3 Å². The van der Waals surface area contributed by atoms with E-state index in [1.54, 1.807) is 4.88 Å². The maximum Gasteiger partial charge on any atom is 0.0224 e. The molecule has 2 heterocycles. The van der Waals surface area contributed by atoms with Crippen LogP contribution < -0.4 is 5.32 Å². The Morgan fingerprint density at radius 1 is 1.42 bits per heavy atom. The Hall–Kier alpha value is -0.380. The van der Waals surface area contributed by atoms with Crippen LogP contribution in [0, 0.1) is 12.8 Å². The molecule has 1 aromatic rings. The van der Waals surface area contributed by atoms with E-state index in [-0.39, 0.29) is 0 Å². The van der Waals surface area contributed by atoms with Crippen LogP contribution in [-0.4, -0.2) is 36.1 Å². The molecule has 0 radical (unpaired) electrons. The van der Waals surface area contributed by atoms with Crippen LogP contribution in [0.25, 0.3) is 0 Å². The fourth-order valence-electron chi connectivity index (χ4n) is 3.34. The van der Waals surface area contributed by atoms with E-state index in [9.17, 15) is 0 Å². The van der Waals surface area contributed by atoms with Gasteiger partial charge in [0.25, 0.3) is 0 Å². The standard InChI is InChI=1S/C16H26N2S/c1-11(8-15-7-4-13(3)19-15)18-10-16(14-5-6-14)17-9-12(18)2/h4,7,11-12,14,16-17H,5-6,8-10H2,1-3H3. The number of piperazine rings is 1. The molecule has 1 saturated heterocycles. The highest BCUT2D eigenvalue weighted by Gasteiger charge is 2.37. The molecule has 1 aromatic heterocycles. The molecule has 3 rings (SSSR count). The predicted molar refractivity (Wildman–Crippen MR) is 82.9 cm³/mol. The van der Waals surface area contributed by atoms with Gasteiger partial charge < -0.3 is 5.32 Å². The van der Waals surface area contributed by atoms with Gasteiger partial charge in [0.05, 0.1) is 0 Å². The summed E-state index contributed by atoms with van der Waals surface area (Å²) < 4.78 is 0.